The van der Waals surface area contributed by atoms with E-state index >= 15 is 0 Å². The predicted molar refractivity (Wildman–Crippen MR) is 182 cm³/mol. The molecule has 6 aromatic rings. The summed E-state index contributed by atoms with van der Waals surface area (Å²) in [5, 5.41) is 0. The summed E-state index contributed by atoms with van der Waals surface area (Å²) in [5.41, 5.74) is 0. The number of hydrogen-bond acceptors (Lipinski definition) is 0. The molecule has 0 saturated heterocycles. The van der Waals surface area contributed by atoms with Gasteiger partial charge in [-0.15, -0.1) is 0 Å². The first kappa shape index (κ1) is 28.1. The van der Waals surface area contributed by atoms with Crippen LogP contribution in [0.15, 0.2) is 182 Å². The molecule has 0 unspecified atom stereocenters. The van der Waals surface area contributed by atoms with Gasteiger partial charge in [-0.25, -0.2) is 0 Å². The second-order valence-electron chi connectivity index (χ2n) is 10.9. The van der Waals surface area contributed by atoms with Crippen molar-refractivity contribution in [2.45, 2.75) is 15.3 Å². The van der Waals surface area contributed by atoms with Gasteiger partial charge in [-0.3, -0.25) is 0 Å². The van der Waals surface area contributed by atoms with E-state index in [0.717, 1.165) is 0 Å². The van der Waals surface area contributed by atoms with Gasteiger partial charge in [0.2, 0.25) is 0 Å². The minimum absolute atomic E-state index is 1.21. The van der Waals surface area contributed by atoms with Crippen molar-refractivity contribution in [3.63, 3.8) is 0 Å². The molecule has 0 N–H and O–H groups in total. The quantitative estimate of drug-likeness (QED) is 0.158. The summed E-state index contributed by atoms with van der Waals surface area (Å²) in [6, 6.07) is 68.9. The fourth-order valence-corrected chi connectivity index (χ4v) is 37.4. The fraction of sp³-hybridized carbons (Fsp3) is 0.0769. The van der Waals surface area contributed by atoms with Gasteiger partial charge in [-0.1, -0.05) is 0 Å². The van der Waals surface area contributed by atoms with Crippen LogP contribution in [-0.4, -0.2) is 36.8 Å². The van der Waals surface area contributed by atoms with E-state index in [0.29, 0.717) is 0 Å². The van der Waals surface area contributed by atoms with Crippen LogP contribution in [-0.2, 0) is 0 Å². The SMILES string of the molecule is c1cc[c]([Sn]([CH2]C[CH2][Sn]([c]2ccccc2)([c]2ccccc2)[c]2ccccc2)([c]2ccccc2)[c]2ccccc2)cc1. The van der Waals surface area contributed by atoms with Crippen molar-refractivity contribution >= 4 is 58.2 Å². The molecule has 6 rings (SSSR count). The van der Waals surface area contributed by atoms with Crippen LogP contribution in [0.1, 0.15) is 6.42 Å². The molecular formula is C39H36Sn2. The predicted octanol–water partition coefficient (Wildman–Crippen LogP) is 5.72. The van der Waals surface area contributed by atoms with Crippen molar-refractivity contribution in [1.82, 2.24) is 0 Å². The molecule has 200 valence electrons. The summed E-state index contributed by atoms with van der Waals surface area (Å²) in [6.07, 6.45) is 1.21. The number of hydrogen-bond donors (Lipinski definition) is 0. The molecule has 0 bridgehead atoms. The standard InChI is InChI=1S/6C6H5.C3H6.2Sn/c6*1-2-4-6-5-3-1;1-3-2;;/h6*1-5H;1-3H2;;. The van der Waals surface area contributed by atoms with E-state index in [1.807, 2.05) is 0 Å². The van der Waals surface area contributed by atoms with Crippen LogP contribution in [0.3, 0.4) is 0 Å². The van der Waals surface area contributed by atoms with E-state index in [-0.39, 0.29) is 0 Å². The molecule has 0 fully saturated rings. The van der Waals surface area contributed by atoms with E-state index < -0.39 is 36.8 Å². The van der Waals surface area contributed by atoms with E-state index in [9.17, 15) is 0 Å². The Labute approximate surface area is 253 Å². The fourth-order valence-electron chi connectivity index (χ4n) is 6.82. The molecule has 0 aliphatic rings. The molecule has 0 radical (unpaired) electrons. The van der Waals surface area contributed by atoms with E-state index in [1.54, 1.807) is 21.5 Å². The summed E-state index contributed by atoms with van der Waals surface area (Å²) in [5.74, 6) is 0. The molecule has 0 amide bonds. The van der Waals surface area contributed by atoms with Gasteiger partial charge in [0.05, 0.1) is 0 Å². The third-order valence-electron chi connectivity index (χ3n) is 8.70. The first-order valence-electron chi connectivity index (χ1n) is 14.7. The molecule has 2 heteroatoms. The summed E-state index contributed by atoms with van der Waals surface area (Å²) >= 11 is -6.70. The average molecular weight is 742 g/mol. The summed E-state index contributed by atoms with van der Waals surface area (Å²) in [4.78, 5) is 0. The van der Waals surface area contributed by atoms with E-state index in [2.05, 4.69) is 182 Å². The number of benzene rings is 6. The zero-order valence-electron chi connectivity index (χ0n) is 23.4. The maximum atomic E-state index is 2.41. The van der Waals surface area contributed by atoms with Crippen molar-refractivity contribution in [3.05, 3.63) is 182 Å². The van der Waals surface area contributed by atoms with Crippen LogP contribution in [0.2, 0.25) is 8.87 Å². The van der Waals surface area contributed by atoms with Gasteiger partial charge in [0.15, 0.2) is 0 Å². The van der Waals surface area contributed by atoms with Crippen LogP contribution in [0.4, 0.5) is 0 Å². The second kappa shape index (κ2) is 13.3. The molecule has 0 saturated carbocycles. The van der Waals surface area contributed by atoms with Crippen LogP contribution in [0, 0.1) is 0 Å². The first-order valence-corrected chi connectivity index (χ1v) is 27.3. The molecule has 41 heavy (non-hydrogen) atoms. The Morgan fingerprint density at radius 2 is 0.415 bits per heavy atom. The maximum absolute atomic E-state index is 3.35. The van der Waals surface area contributed by atoms with Gasteiger partial charge >= 0.3 is 256 Å². The Kier molecular flexibility index (Phi) is 9.08. The molecule has 0 aliphatic heterocycles. The van der Waals surface area contributed by atoms with Crippen molar-refractivity contribution in [1.29, 1.82) is 0 Å². The minimum atomic E-state index is -3.35. The van der Waals surface area contributed by atoms with Crippen LogP contribution < -0.4 is 21.5 Å². The van der Waals surface area contributed by atoms with Crippen LogP contribution >= 0.6 is 0 Å². The first-order chi connectivity index (χ1) is 20.3. The zero-order valence-corrected chi connectivity index (χ0v) is 29.2. The monoisotopic (exact) mass is 744 g/mol. The molecular weight excluding hydrogens is 706 g/mol. The normalized spacial score (nSPS) is 11.7. The van der Waals surface area contributed by atoms with Crippen LogP contribution in [0.25, 0.3) is 0 Å². The van der Waals surface area contributed by atoms with Gasteiger partial charge in [0, 0.05) is 0 Å². The molecule has 0 atom stereocenters. The van der Waals surface area contributed by atoms with Gasteiger partial charge < -0.3 is 0 Å². The van der Waals surface area contributed by atoms with Gasteiger partial charge in [-0.2, -0.15) is 0 Å². The zero-order chi connectivity index (χ0) is 27.8. The summed E-state index contributed by atoms with van der Waals surface area (Å²) in [6.45, 7) is 0. The third-order valence-corrected chi connectivity index (χ3v) is 37.6. The van der Waals surface area contributed by atoms with Crippen molar-refractivity contribution in [2.24, 2.45) is 0 Å². The number of rotatable bonds is 10. The van der Waals surface area contributed by atoms with Gasteiger partial charge in [0.25, 0.3) is 0 Å². The average Bonchev–Trinajstić information content (AvgIpc) is 3.08. The molecule has 0 spiro atoms. The van der Waals surface area contributed by atoms with Crippen LogP contribution in [0.5, 0.6) is 0 Å². The summed E-state index contributed by atoms with van der Waals surface area (Å²) < 4.78 is 11.9. The van der Waals surface area contributed by atoms with E-state index in [4.69, 9.17) is 0 Å². The van der Waals surface area contributed by atoms with Gasteiger partial charge in [-0.05, 0) is 0 Å². The Morgan fingerprint density at radius 1 is 0.244 bits per heavy atom. The Balaban J connectivity index is 1.50. The van der Waals surface area contributed by atoms with Gasteiger partial charge in [0.1, 0.15) is 0 Å². The van der Waals surface area contributed by atoms with Crippen molar-refractivity contribution in [2.75, 3.05) is 0 Å². The Hall–Kier alpha value is -3.08. The topological polar surface area (TPSA) is 0 Å². The molecule has 0 aliphatic carbocycles. The molecule has 0 heterocycles. The Morgan fingerprint density at radius 3 is 0.585 bits per heavy atom. The molecule has 0 nitrogen and oxygen atoms in total. The van der Waals surface area contributed by atoms with E-state index in [1.165, 1.54) is 15.3 Å². The van der Waals surface area contributed by atoms with Crippen molar-refractivity contribution < 1.29 is 0 Å². The second-order valence-corrected chi connectivity index (χ2v) is 33.9. The van der Waals surface area contributed by atoms with Crippen molar-refractivity contribution in [3.8, 4) is 0 Å². The summed E-state index contributed by atoms with van der Waals surface area (Å²) in [7, 11) is 0. The Bertz CT molecular complexity index is 1300. The molecule has 0 aromatic heterocycles. The molecule has 6 aromatic carbocycles. The third kappa shape index (κ3) is 5.69.